The SMILES string of the molecule is C=C/C=C(/Nc1c(C(=O)OC)cc(Br)c(F)c1F)C(=C)Cl. The van der Waals surface area contributed by atoms with Gasteiger partial charge >= 0.3 is 5.97 Å². The molecule has 7 heteroatoms. The molecule has 1 rings (SSSR count). The summed E-state index contributed by atoms with van der Waals surface area (Å²) in [6.07, 6.45) is 2.77. The van der Waals surface area contributed by atoms with Gasteiger partial charge < -0.3 is 10.1 Å². The van der Waals surface area contributed by atoms with Crippen LogP contribution >= 0.6 is 27.5 Å². The highest BCUT2D eigenvalue weighted by Gasteiger charge is 2.23. The first-order valence-corrected chi connectivity index (χ1v) is 6.70. The van der Waals surface area contributed by atoms with Crippen LogP contribution in [-0.2, 0) is 4.74 Å². The summed E-state index contributed by atoms with van der Waals surface area (Å²) >= 11 is 8.58. The summed E-state index contributed by atoms with van der Waals surface area (Å²) in [5.74, 6) is -3.24. The summed E-state index contributed by atoms with van der Waals surface area (Å²) < 4.78 is 32.1. The molecule has 21 heavy (non-hydrogen) atoms. The third-order valence-electron chi connectivity index (χ3n) is 2.40. The fraction of sp³-hybridized carbons (Fsp3) is 0.0714. The molecule has 0 saturated heterocycles. The maximum atomic E-state index is 14.1. The second kappa shape index (κ2) is 7.38. The van der Waals surface area contributed by atoms with Crippen LogP contribution in [-0.4, -0.2) is 13.1 Å². The molecule has 0 unspecified atom stereocenters. The summed E-state index contributed by atoms with van der Waals surface area (Å²) in [7, 11) is 1.13. The van der Waals surface area contributed by atoms with Gasteiger partial charge in [-0.1, -0.05) is 30.8 Å². The number of anilines is 1. The number of methoxy groups -OCH3 is 1. The molecule has 0 radical (unpaired) electrons. The summed E-state index contributed by atoms with van der Waals surface area (Å²) in [4.78, 5) is 11.7. The zero-order chi connectivity index (χ0) is 16.2. The predicted molar refractivity (Wildman–Crippen MR) is 82.3 cm³/mol. The van der Waals surface area contributed by atoms with Crippen LogP contribution in [0, 0.1) is 11.6 Å². The number of ether oxygens (including phenoxy) is 1. The molecule has 0 aliphatic carbocycles. The van der Waals surface area contributed by atoms with E-state index in [9.17, 15) is 13.6 Å². The van der Waals surface area contributed by atoms with E-state index in [0.29, 0.717) is 0 Å². The van der Waals surface area contributed by atoms with Gasteiger partial charge in [0.2, 0.25) is 0 Å². The Bertz CT molecular complexity index is 644. The van der Waals surface area contributed by atoms with Crippen LogP contribution in [0.1, 0.15) is 10.4 Å². The molecule has 1 aromatic rings. The molecule has 0 fully saturated rings. The first-order chi connectivity index (χ1) is 9.83. The zero-order valence-electron chi connectivity index (χ0n) is 11.0. The smallest absolute Gasteiger partial charge is 0.340 e. The van der Waals surface area contributed by atoms with Gasteiger partial charge in [-0.3, -0.25) is 0 Å². The van der Waals surface area contributed by atoms with E-state index in [1.54, 1.807) is 0 Å². The highest BCUT2D eigenvalue weighted by molar-refractivity contribution is 9.10. The molecule has 0 spiro atoms. The molecule has 0 saturated carbocycles. The van der Waals surface area contributed by atoms with Gasteiger partial charge in [-0.2, -0.15) is 0 Å². The molecular weight excluding hydrogens is 368 g/mol. The van der Waals surface area contributed by atoms with Crippen molar-refractivity contribution >= 4 is 39.2 Å². The molecule has 0 aliphatic rings. The van der Waals surface area contributed by atoms with Crippen LogP contribution < -0.4 is 5.32 Å². The Morgan fingerprint density at radius 2 is 2.10 bits per heavy atom. The van der Waals surface area contributed by atoms with Crippen LogP contribution in [0.4, 0.5) is 14.5 Å². The Morgan fingerprint density at radius 3 is 2.57 bits per heavy atom. The number of carbonyl (C=O) groups excluding carboxylic acids is 1. The molecule has 1 N–H and O–H groups in total. The average molecular weight is 379 g/mol. The zero-order valence-corrected chi connectivity index (χ0v) is 13.3. The second-order valence-electron chi connectivity index (χ2n) is 3.75. The van der Waals surface area contributed by atoms with Crippen molar-refractivity contribution in [3.05, 3.63) is 63.8 Å². The minimum atomic E-state index is -1.25. The number of benzene rings is 1. The van der Waals surface area contributed by atoms with E-state index >= 15 is 0 Å². The van der Waals surface area contributed by atoms with Crippen molar-refractivity contribution < 1.29 is 18.3 Å². The predicted octanol–water partition coefficient (Wildman–Crippen LogP) is 4.75. The van der Waals surface area contributed by atoms with Gasteiger partial charge in [0.25, 0.3) is 0 Å². The van der Waals surface area contributed by atoms with Crippen molar-refractivity contribution in [2.24, 2.45) is 0 Å². The fourth-order valence-electron chi connectivity index (χ4n) is 1.44. The van der Waals surface area contributed by atoms with Gasteiger partial charge in [0, 0.05) is 0 Å². The first-order valence-electron chi connectivity index (χ1n) is 5.53. The number of nitrogens with one attached hydrogen (secondary N) is 1. The fourth-order valence-corrected chi connectivity index (χ4v) is 1.95. The largest absolute Gasteiger partial charge is 0.465 e. The molecule has 0 aliphatic heterocycles. The lowest BCUT2D eigenvalue weighted by atomic mass is 10.1. The van der Waals surface area contributed by atoms with E-state index in [-0.39, 0.29) is 20.8 Å². The molecule has 0 aromatic heterocycles. The molecule has 112 valence electrons. The number of halogens is 4. The monoisotopic (exact) mass is 377 g/mol. The Morgan fingerprint density at radius 1 is 1.48 bits per heavy atom. The number of allylic oxidation sites excluding steroid dienone is 3. The summed E-state index contributed by atoms with van der Waals surface area (Å²) in [5.41, 5.74) is -0.439. The van der Waals surface area contributed by atoms with E-state index < -0.39 is 23.3 Å². The number of esters is 1. The number of hydrogen-bond donors (Lipinski definition) is 1. The highest BCUT2D eigenvalue weighted by Crippen LogP contribution is 2.31. The summed E-state index contributed by atoms with van der Waals surface area (Å²) in [5, 5.41) is 2.56. The third kappa shape index (κ3) is 3.92. The van der Waals surface area contributed by atoms with Gasteiger partial charge in [0.15, 0.2) is 11.6 Å². The normalized spacial score (nSPS) is 11.0. The van der Waals surface area contributed by atoms with Crippen LogP contribution in [0.15, 0.2) is 46.6 Å². The van der Waals surface area contributed by atoms with Crippen molar-refractivity contribution in [1.82, 2.24) is 0 Å². The number of carbonyl (C=O) groups is 1. The third-order valence-corrected chi connectivity index (χ3v) is 3.18. The maximum Gasteiger partial charge on any atom is 0.340 e. The molecular formula is C14H11BrClF2NO2. The topological polar surface area (TPSA) is 38.3 Å². The van der Waals surface area contributed by atoms with Crippen LogP contribution in [0.5, 0.6) is 0 Å². The standard InChI is InChI=1S/C14H11BrClF2NO2/c1-4-5-10(7(2)16)19-13-8(14(20)21-3)6-9(15)11(17)12(13)18/h4-6,19H,1-2H2,3H3/b10-5+. The highest BCUT2D eigenvalue weighted by atomic mass is 79.9. The van der Waals surface area contributed by atoms with E-state index in [0.717, 1.165) is 13.2 Å². The Hall–Kier alpha value is -1.66. The van der Waals surface area contributed by atoms with Crippen molar-refractivity contribution in [3.8, 4) is 0 Å². The molecule has 1 aromatic carbocycles. The van der Waals surface area contributed by atoms with Gasteiger partial charge in [-0.15, -0.1) is 0 Å². The van der Waals surface area contributed by atoms with Crippen molar-refractivity contribution in [1.29, 1.82) is 0 Å². The van der Waals surface area contributed by atoms with Crippen molar-refractivity contribution in [3.63, 3.8) is 0 Å². The molecule has 0 heterocycles. The van der Waals surface area contributed by atoms with Gasteiger partial charge in [-0.05, 0) is 28.1 Å². The van der Waals surface area contributed by atoms with E-state index in [4.69, 9.17) is 11.6 Å². The number of rotatable bonds is 5. The maximum absolute atomic E-state index is 14.1. The minimum Gasteiger partial charge on any atom is -0.465 e. The van der Waals surface area contributed by atoms with E-state index in [1.807, 2.05) is 0 Å². The van der Waals surface area contributed by atoms with Crippen LogP contribution in [0.3, 0.4) is 0 Å². The second-order valence-corrected chi connectivity index (χ2v) is 5.06. The van der Waals surface area contributed by atoms with Gasteiger partial charge in [0.05, 0.1) is 33.6 Å². The number of hydrogen-bond acceptors (Lipinski definition) is 3. The first kappa shape index (κ1) is 17.4. The Labute approximate surface area is 134 Å². The summed E-state index contributed by atoms with van der Waals surface area (Å²) in [6, 6.07) is 1.11. The van der Waals surface area contributed by atoms with Crippen molar-refractivity contribution in [2.75, 3.05) is 12.4 Å². The van der Waals surface area contributed by atoms with Crippen LogP contribution in [0.2, 0.25) is 0 Å². The lowest BCUT2D eigenvalue weighted by Gasteiger charge is -2.15. The molecule has 3 nitrogen and oxygen atoms in total. The van der Waals surface area contributed by atoms with Crippen LogP contribution in [0.25, 0.3) is 0 Å². The van der Waals surface area contributed by atoms with Gasteiger partial charge in [0.1, 0.15) is 0 Å². The quantitative estimate of drug-likeness (QED) is 0.456. The minimum absolute atomic E-state index is 0.0356. The average Bonchev–Trinajstić information content (AvgIpc) is 2.45. The van der Waals surface area contributed by atoms with Crippen molar-refractivity contribution in [2.45, 2.75) is 0 Å². The Balaban J connectivity index is 3.49. The van der Waals surface area contributed by atoms with E-state index in [2.05, 4.69) is 39.1 Å². The molecule has 0 bridgehead atoms. The summed E-state index contributed by atoms with van der Waals surface area (Å²) in [6.45, 7) is 6.95. The lowest BCUT2D eigenvalue weighted by Crippen LogP contribution is -2.12. The van der Waals surface area contributed by atoms with Gasteiger partial charge in [-0.25, -0.2) is 13.6 Å². The molecule has 0 amide bonds. The molecule has 0 atom stereocenters. The van der Waals surface area contributed by atoms with E-state index in [1.165, 1.54) is 12.2 Å². The Kier molecular flexibility index (Phi) is 6.11. The lowest BCUT2D eigenvalue weighted by molar-refractivity contribution is 0.0601.